The number of hydrogen-bond acceptors (Lipinski definition) is 8. The Morgan fingerprint density at radius 1 is 1.00 bits per heavy atom. The zero-order valence-electron chi connectivity index (χ0n) is 24.1. The number of nitrogens with zero attached hydrogens (tertiary/aromatic N) is 4. The first-order chi connectivity index (χ1) is 21.8. The van der Waals surface area contributed by atoms with E-state index in [2.05, 4.69) is 16.4 Å². The van der Waals surface area contributed by atoms with Crippen LogP contribution in [-0.4, -0.2) is 59.0 Å². The van der Waals surface area contributed by atoms with Gasteiger partial charge >= 0.3 is 0 Å². The van der Waals surface area contributed by atoms with Crippen LogP contribution in [0.1, 0.15) is 27.0 Å². The average molecular weight is 636 g/mol. The second-order valence-electron chi connectivity index (χ2n) is 11.8. The topological polar surface area (TPSA) is 123 Å². The highest BCUT2D eigenvalue weighted by molar-refractivity contribution is 7.89. The number of carbonyl (C=O) groups is 2. The van der Waals surface area contributed by atoms with Crippen molar-refractivity contribution in [2.45, 2.75) is 29.3 Å². The van der Waals surface area contributed by atoms with Crippen molar-refractivity contribution in [1.82, 2.24) is 19.5 Å². The number of thiophene rings is 1. The summed E-state index contributed by atoms with van der Waals surface area (Å²) in [6.45, 7) is 0.601. The van der Waals surface area contributed by atoms with Gasteiger partial charge in [-0.1, -0.05) is 18.2 Å². The fraction of sp³-hybridized carbons (Fsp3) is 0.235. The van der Waals surface area contributed by atoms with Gasteiger partial charge in [-0.3, -0.25) is 19.5 Å². The minimum absolute atomic E-state index is 0.0551. The number of carbonyl (C=O) groups excluding carboxylic acids is 2. The molecule has 2 aromatic heterocycles. The highest BCUT2D eigenvalue weighted by Gasteiger charge is 2.65. The van der Waals surface area contributed by atoms with Gasteiger partial charge in [-0.25, -0.2) is 8.42 Å². The van der Waals surface area contributed by atoms with Crippen LogP contribution in [0.3, 0.4) is 0 Å². The smallest absolute Gasteiger partial charge is 0.254 e. The molecule has 7 rings (SSSR count). The average Bonchev–Trinajstić information content (AvgIpc) is 3.44. The summed E-state index contributed by atoms with van der Waals surface area (Å²) in [6, 6.07) is 22.4. The zero-order chi connectivity index (χ0) is 31.2. The number of pyridine rings is 1. The quantitative estimate of drug-likeness (QED) is 0.218. The number of nitriles is 1. The van der Waals surface area contributed by atoms with E-state index in [1.165, 1.54) is 10.4 Å². The first-order valence-electron chi connectivity index (χ1n) is 14.6. The van der Waals surface area contributed by atoms with Crippen LogP contribution >= 0.6 is 11.3 Å². The molecule has 1 aliphatic carbocycles. The van der Waals surface area contributed by atoms with Crippen LogP contribution < -0.4 is 5.32 Å². The van der Waals surface area contributed by atoms with Crippen LogP contribution in [0.5, 0.6) is 0 Å². The van der Waals surface area contributed by atoms with Gasteiger partial charge in [0, 0.05) is 67.8 Å². The van der Waals surface area contributed by atoms with E-state index in [1.54, 1.807) is 83.2 Å². The summed E-state index contributed by atoms with van der Waals surface area (Å²) >= 11 is 1.56. The van der Waals surface area contributed by atoms with Gasteiger partial charge in [0.15, 0.2) is 5.78 Å². The zero-order valence-corrected chi connectivity index (χ0v) is 25.7. The van der Waals surface area contributed by atoms with Gasteiger partial charge < -0.3 is 5.32 Å². The normalized spacial score (nSPS) is 25.1. The molecule has 0 bridgehead atoms. The molecule has 1 N–H and O–H groups in total. The van der Waals surface area contributed by atoms with E-state index in [0.717, 1.165) is 11.1 Å². The molecule has 45 heavy (non-hydrogen) atoms. The number of hydrogen-bond donors (Lipinski definition) is 1. The minimum Gasteiger partial charge on any atom is -0.357 e. The molecule has 3 aliphatic rings. The third-order valence-electron chi connectivity index (χ3n) is 8.96. The number of allylic oxidation sites excluding steroid dienone is 1. The lowest BCUT2D eigenvalue weighted by Crippen LogP contribution is -2.51. The Morgan fingerprint density at radius 3 is 2.33 bits per heavy atom. The highest BCUT2D eigenvalue weighted by Crippen LogP contribution is 2.53. The summed E-state index contributed by atoms with van der Waals surface area (Å²) in [6.07, 6.45) is 5.65. The maximum absolute atomic E-state index is 14.7. The van der Waals surface area contributed by atoms with Gasteiger partial charge in [0.2, 0.25) is 10.0 Å². The fourth-order valence-corrected chi connectivity index (χ4v) is 8.89. The Hall–Kier alpha value is -4.63. The maximum atomic E-state index is 14.7. The van der Waals surface area contributed by atoms with Crippen LogP contribution in [0.4, 0.5) is 0 Å². The second kappa shape index (κ2) is 11.4. The summed E-state index contributed by atoms with van der Waals surface area (Å²) in [5.41, 5.74) is 1.72. The Labute approximate surface area is 265 Å². The van der Waals surface area contributed by atoms with Crippen LogP contribution in [0.25, 0.3) is 0 Å². The Balaban J connectivity index is 1.23. The van der Waals surface area contributed by atoms with Crippen molar-refractivity contribution in [2.75, 3.05) is 13.1 Å². The fourth-order valence-electron chi connectivity index (χ4n) is 6.69. The second-order valence-corrected chi connectivity index (χ2v) is 14.5. The van der Waals surface area contributed by atoms with Gasteiger partial charge in [0.25, 0.3) is 5.91 Å². The van der Waals surface area contributed by atoms with E-state index >= 15 is 0 Å². The molecule has 11 heteroatoms. The van der Waals surface area contributed by atoms with Gasteiger partial charge in [0.1, 0.15) is 11.4 Å². The number of piperidine rings is 1. The first-order valence-corrected chi connectivity index (χ1v) is 17.0. The molecule has 1 unspecified atom stereocenters. The molecule has 2 aliphatic heterocycles. The molecule has 4 aromatic rings. The number of ketones is 1. The summed E-state index contributed by atoms with van der Waals surface area (Å²) in [4.78, 5) is 34.4. The predicted molar refractivity (Wildman–Crippen MR) is 168 cm³/mol. The van der Waals surface area contributed by atoms with Crippen molar-refractivity contribution >= 4 is 33.1 Å². The molecule has 2 saturated heterocycles. The summed E-state index contributed by atoms with van der Waals surface area (Å²) in [5, 5.41) is 16.7. The summed E-state index contributed by atoms with van der Waals surface area (Å²) in [5.74, 6) is -0.132. The Morgan fingerprint density at radius 2 is 1.69 bits per heavy atom. The monoisotopic (exact) mass is 635 g/mol. The Bertz CT molecular complexity index is 1910. The molecule has 1 saturated carbocycles. The van der Waals surface area contributed by atoms with E-state index in [1.807, 2.05) is 29.0 Å². The number of amides is 1. The van der Waals surface area contributed by atoms with Crippen LogP contribution in [-0.2, 0) is 27.7 Å². The van der Waals surface area contributed by atoms with Crippen LogP contribution in [0.2, 0.25) is 0 Å². The molecular formula is C34H29N5O4S2. The lowest BCUT2D eigenvalue weighted by molar-refractivity contribution is -0.132. The molecule has 226 valence electrons. The number of benzene rings is 2. The van der Waals surface area contributed by atoms with Crippen molar-refractivity contribution in [3.05, 3.63) is 130 Å². The van der Waals surface area contributed by atoms with Gasteiger partial charge in [0.05, 0.1) is 16.5 Å². The van der Waals surface area contributed by atoms with Crippen molar-refractivity contribution in [3.8, 4) is 6.07 Å². The highest BCUT2D eigenvalue weighted by atomic mass is 32.2. The first kappa shape index (κ1) is 29.1. The molecule has 3 fully saturated rings. The third-order valence-corrected chi connectivity index (χ3v) is 11.5. The SMILES string of the molecule is N#Cc1ccc(C(=O)C=C2NC(Cc3ccncc3)(Cc3ccsc3)C(=O)N2[C@H]2[C@@H]3CN(S(=O)(=O)c4ccccc4)C[C@@H]32)cc1. The van der Waals surface area contributed by atoms with E-state index in [4.69, 9.17) is 0 Å². The molecule has 4 heterocycles. The molecule has 0 spiro atoms. The van der Waals surface area contributed by atoms with E-state index in [0.29, 0.717) is 42.9 Å². The van der Waals surface area contributed by atoms with Crippen molar-refractivity contribution in [1.29, 1.82) is 5.26 Å². The molecule has 1 amide bonds. The van der Waals surface area contributed by atoms with Gasteiger partial charge in [-0.05, 0) is 76.5 Å². The van der Waals surface area contributed by atoms with Gasteiger partial charge in [-0.2, -0.15) is 20.9 Å². The van der Waals surface area contributed by atoms with Crippen LogP contribution in [0.15, 0.2) is 113 Å². The largest absolute Gasteiger partial charge is 0.357 e. The van der Waals surface area contributed by atoms with Crippen molar-refractivity contribution < 1.29 is 18.0 Å². The maximum Gasteiger partial charge on any atom is 0.254 e. The molecule has 9 nitrogen and oxygen atoms in total. The van der Waals surface area contributed by atoms with Crippen molar-refractivity contribution in [2.24, 2.45) is 11.8 Å². The standard InChI is InChI=1S/C34H29N5O4S2/c35-19-24-6-8-26(9-7-24)30(40)16-31-37-34(18-25-12-15-44-22-25,17-23-10-13-36-14-11-23)33(41)39(31)32-28-20-38(21-29(28)32)45(42,43)27-4-2-1-3-5-27/h1-16,22,28-29,32,37H,17-18,20-21H2/t28-,29+,32+,34?. The van der Waals surface area contributed by atoms with E-state index in [-0.39, 0.29) is 34.5 Å². The Kier molecular flexibility index (Phi) is 7.36. The van der Waals surface area contributed by atoms with Crippen molar-refractivity contribution in [3.63, 3.8) is 0 Å². The lowest BCUT2D eigenvalue weighted by atomic mass is 9.85. The number of fused-ring (bicyclic) bond motifs is 1. The third kappa shape index (κ3) is 5.35. The lowest BCUT2D eigenvalue weighted by Gasteiger charge is -2.28. The molecular weight excluding hydrogens is 607 g/mol. The minimum atomic E-state index is -3.66. The van der Waals surface area contributed by atoms with Crippen LogP contribution in [0, 0.1) is 23.2 Å². The summed E-state index contributed by atoms with van der Waals surface area (Å²) in [7, 11) is -3.66. The number of nitrogens with one attached hydrogen (secondary N) is 1. The molecule has 2 aromatic carbocycles. The predicted octanol–water partition coefficient (Wildman–Crippen LogP) is 4.01. The molecule has 4 atom stereocenters. The van der Waals surface area contributed by atoms with E-state index < -0.39 is 15.6 Å². The molecule has 0 radical (unpaired) electrons. The summed E-state index contributed by atoms with van der Waals surface area (Å²) < 4.78 is 28.2. The number of rotatable bonds is 9. The number of aromatic nitrogens is 1. The number of sulfonamides is 1. The van der Waals surface area contributed by atoms with E-state index in [9.17, 15) is 23.3 Å². The van der Waals surface area contributed by atoms with Gasteiger partial charge in [-0.15, -0.1) is 0 Å².